The van der Waals surface area contributed by atoms with E-state index in [4.69, 9.17) is 16.1 Å². The molecule has 0 saturated heterocycles. The second-order valence-corrected chi connectivity index (χ2v) is 5.67. The van der Waals surface area contributed by atoms with Gasteiger partial charge in [0.1, 0.15) is 11.4 Å². The van der Waals surface area contributed by atoms with Gasteiger partial charge in [-0.3, -0.25) is 9.59 Å². The van der Waals surface area contributed by atoms with Gasteiger partial charge in [-0.1, -0.05) is 16.8 Å². The van der Waals surface area contributed by atoms with Gasteiger partial charge in [-0.05, 0) is 31.2 Å². The number of aryl methyl sites for hydroxylation is 1. The average Bonchev–Trinajstić information content (AvgIpc) is 3.04. The second-order valence-electron chi connectivity index (χ2n) is 5.24. The van der Waals surface area contributed by atoms with Crippen LogP contribution < -0.4 is 10.9 Å². The maximum atomic E-state index is 12.0. The lowest BCUT2D eigenvalue weighted by Crippen LogP contribution is -2.31. The summed E-state index contributed by atoms with van der Waals surface area (Å²) in [7, 11) is 0. The number of H-pyrrole nitrogens is 1. The Hall–Kier alpha value is -3.00. The van der Waals surface area contributed by atoms with Crippen molar-refractivity contribution in [1.29, 1.82) is 0 Å². The van der Waals surface area contributed by atoms with Gasteiger partial charge < -0.3 is 14.8 Å². The summed E-state index contributed by atoms with van der Waals surface area (Å²) in [5, 5.41) is 7.13. The highest BCUT2D eigenvalue weighted by Crippen LogP contribution is 2.18. The Labute approximate surface area is 147 Å². The van der Waals surface area contributed by atoms with Crippen molar-refractivity contribution in [2.45, 2.75) is 13.3 Å². The lowest BCUT2D eigenvalue weighted by Gasteiger charge is -2.02. The number of aromatic amines is 1. The molecule has 0 radical (unpaired) electrons. The Morgan fingerprint density at radius 1 is 1.32 bits per heavy atom. The van der Waals surface area contributed by atoms with E-state index >= 15 is 0 Å². The molecule has 25 heavy (non-hydrogen) atoms. The standard InChI is InChI=1S/C16H14ClN5O3/c1-9-19-8-12(16(24)20-9)15(23)18-7-6-13-21-14(22-25-13)10-2-4-11(17)5-3-10/h2-5,8H,6-7H2,1H3,(H,18,23)(H,19,20,24). The highest BCUT2D eigenvalue weighted by molar-refractivity contribution is 6.30. The fourth-order valence-electron chi connectivity index (χ4n) is 2.10. The zero-order valence-electron chi connectivity index (χ0n) is 13.2. The van der Waals surface area contributed by atoms with Crippen molar-refractivity contribution >= 4 is 17.5 Å². The Bertz CT molecular complexity index is 949. The summed E-state index contributed by atoms with van der Waals surface area (Å²) in [6.45, 7) is 1.88. The molecule has 9 heteroatoms. The van der Waals surface area contributed by atoms with Crippen molar-refractivity contribution in [2.24, 2.45) is 0 Å². The van der Waals surface area contributed by atoms with Gasteiger partial charge in [-0.25, -0.2) is 4.98 Å². The number of nitrogens with one attached hydrogen (secondary N) is 2. The molecule has 0 bridgehead atoms. The van der Waals surface area contributed by atoms with E-state index in [1.807, 2.05) is 0 Å². The number of nitrogens with zero attached hydrogens (tertiary/aromatic N) is 3. The molecule has 0 saturated carbocycles. The van der Waals surface area contributed by atoms with Gasteiger partial charge in [0.15, 0.2) is 0 Å². The third kappa shape index (κ3) is 4.10. The fraction of sp³-hybridized carbons (Fsp3) is 0.188. The zero-order valence-corrected chi connectivity index (χ0v) is 14.0. The van der Waals surface area contributed by atoms with Crippen molar-refractivity contribution in [1.82, 2.24) is 25.4 Å². The summed E-state index contributed by atoms with van der Waals surface area (Å²) in [5.41, 5.74) is 0.256. The van der Waals surface area contributed by atoms with E-state index in [2.05, 4.69) is 25.4 Å². The summed E-state index contributed by atoms with van der Waals surface area (Å²) in [6.07, 6.45) is 1.58. The minimum atomic E-state index is -0.508. The number of amides is 1. The zero-order chi connectivity index (χ0) is 17.8. The second kappa shape index (κ2) is 7.27. The third-order valence-electron chi connectivity index (χ3n) is 3.37. The maximum Gasteiger partial charge on any atom is 0.263 e. The molecule has 0 aliphatic heterocycles. The van der Waals surface area contributed by atoms with Crippen LogP contribution in [0.1, 0.15) is 22.1 Å². The van der Waals surface area contributed by atoms with Crippen molar-refractivity contribution in [3.63, 3.8) is 0 Å². The molecule has 0 unspecified atom stereocenters. The monoisotopic (exact) mass is 359 g/mol. The van der Waals surface area contributed by atoms with Crippen molar-refractivity contribution in [3.05, 3.63) is 63.1 Å². The largest absolute Gasteiger partial charge is 0.351 e. The lowest BCUT2D eigenvalue weighted by molar-refractivity contribution is 0.0951. The van der Waals surface area contributed by atoms with E-state index in [0.717, 1.165) is 5.56 Å². The van der Waals surface area contributed by atoms with E-state index in [9.17, 15) is 9.59 Å². The number of aromatic nitrogens is 4. The summed E-state index contributed by atoms with van der Waals surface area (Å²) in [6, 6.07) is 7.05. The summed E-state index contributed by atoms with van der Waals surface area (Å²) >= 11 is 5.84. The lowest BCUT2D eigenvalue weighted by atomic mass is 10.2. The van der Waals surface area contributed by atoms with Crippen LogP contribution in [-0.4, -0.2) is 32.6 Å². The first-order chi connectivity index (χ1) is 12.0. The van der Waals surface area contributed by atoms with Crippen LogP contribution in [0.5, 0.6) is 0 Å². The van der Waals surface area contributed by atoms with Gasteiger partial charge >= 0.3 is 0 Å². The molecule has 0 spiro atoms. The number of carbonyl (C=O) groups excluding carboxylic acids is 1. The minimum Gasteiger partial charge on any atom is -0.351 e. The van der Waals surface area contributed by atoms with E-state index < -0.39 is 11.5 Å². The predicted octanol–water partition coefficient (Wildman–Crippen LogP) is 1.75. The molecular weight excluding hydrogens is 346 g/mol. The van der Waals surface area contributed by atoms with Gasteiger partial charge in [-0.2, -0.15) is 4.98 Å². The smallest absolute Gasteiger partial charge is 0.263 e. The van der Waals surface area contributed by atoms with Crippen LogP contribution in [0.25, 0.3) is 11.4 Å². The van der Waals surface area contributed by atoms with Crippen LogP contribution in [-0.2, 0) is 6.42 Å². The number of benzene rings is 1. The van der Waals surface area contributed by atoms with Gasteiger partial charge in [0.2, 0.25) is 11.7 Å². The molecule has 0 aliphatic carbocycles. The predicted molar refractivity (Wildman–Crippen MR) is 90.4 cm³/mol. The van der Waals surface area contributed by atoms with Crippen LogP contribution in [0, 0.1) is 6.92 Å². The molecule has 3 aromatic rings. The number of halogens is 1. The molecule has 0 aliphatic rings. The van der Waals surface area contributed by atoms with Crippen molar-refractivity contribution in [3.8, 4) is 11.4 Å². The number of rotatable bonds is 5. The molecule has 0 atom stereocenters. The molecular formula is C16H14ClN5O3. The highest BCUT2D eigenvalue weighted by Gasteiger charge is 2.12. The average molecular weight is 360 g/mol. The van der Waals surface area contributed by atoms with Crippen LogP contribution in [0.2, 0.25) is 5.02 Å². The molecule has 2 aromatic heterocycles. The Morgan fingerprint density at radius 2 is 2.08 bits per heavy atom. The van der Waals surface area contributed by atoms with Crippen molar-refractivity contribution in [2.75, 3.05) is 6.54 Å². The van der Waals surface area contributed by atoms with E-state index in [1.54, 1.807) is 31.2 Å². The quantitative estimate of drug-likeness (QED) is 0.717. The van der Waals surface area contributed by atoms with Gasteiger partial charge in [0, 0.05) is 29.7 Å². The normalized spacial score (nSPS) is 10.6. The van der Waals surface area contributed by atoms with Crippen LogP contribution in [0.15, 0.2) is 39.8 Å². The molecule has 2 heterocycles. The van der Waals surface area contributed by atoms with E-state index in [0.29, 0.717) is 29.0 Å². The molecule has 3 rings (SSSR count). The summed E-state index contributed by atoms with van der Waals surface area (Å²) < 4.78 is 5.15. The summed E-state index contributed by atoms with van der Waals surface area (Å²) in [5.74, 6) is 0.756. The fourth-order valence-corrected chi connectivity index (χ4v) is 2.22. The Morgan fingerprint density at radius 3 is 2.80 bits per heavy atom. The molecule has 2 N–H and O–H groups in total. The van der Waals surface area contributed by atoms with Gasteiger partial charge in [0.05, 0.1) is 0 Å². The van der Waals surface area contributed by atoms with Gasteiger partial charge in [0.25, 0.3) is 11.5 Å². The maximum absolute atomic E-state index is 12.0. The first-order valence-electron chi connectivity index (χ1n) is 7.45. The van der Waals surface area contributed by atoms with E-state index in [-0.39, 0.29) is 12.1 Å². The molecule has 0 fully saturated rings. The first-order valence-corrected chi connectivity index (χ1v) is 7.83. The molecule has 128 valence electrons. The van der Waals surface area contributed by atoms with Crippen LogP contribution in [0.3, 0.4) is 0 Å². The molecule has 8 nitrogen and oxygen atoms in total. The Kier molecular flexibility index (Phi) is 4.90. The number of hydrogen-bond acceptors (Lipinski definition) is 6. The number of carbonyl (C=O) groups is 1. The van der Waals surface area contributed by atoms with Gasteiger partial charge in [-0.15, -0.1) is 0 Å². The van der Waals surface area contributed by atoms with E-state index in [1.165, 1.54) is 6.20 Å². The van der Waals surface area contributed by atoms with Crippen LogP contribution in [0.4, 0.5) is 0 Å². The van der Waals surface area contributed by atoms with Crippen molar-refractivity contribution < 1.29 is 9.32 Å². The van der Waals surface area contributed by atoms with Crippen LogP contribution >= 0.6 is 11.6 Å². The Balaban J connectivity index is 1.58. The molecule has 1 aromatic carbocycles. The minimum absolute atomic E-state index is 0.0435. The SMILES string of the molecule is Cc1ncc(C(=O)NCCc2nc(-c3ccc(Cl)cc3)no2)c(=O)[nH]1. The summed E-state index contributed by atoms with van der Waals surface area (Å²) in [4.78, 5) is 34.3. The number of hydrogen-bond donors (Lipinski definition) is 2. The first kappa shape index (κ1) is 16.8. The third-order valence-corrected chi connectivity index (χ3v) is 3.62. The molecule has 1 amide bonds. The highest BCUT2D eigenvalue weighted by atomic mass is 35.5. The topological polar surface area (TPSA) is 114 Å².